The molecule has 5 heteroatoms. The normalized spacial score (nSPS) is 13.1. The smallest absolute Gasteiger partial charge is 0.148 e. The van der Waals surface area contributed by atoms with Crippen molar-refractivity contribution in [2.24, 2.45) is 5.92 Å². The van der Waals surface area contributed by atoms with Crippen LogP contribution in [0.15, 0.2) is 0 Å². The quantitative estimate of drug-likeness (QED) is 0.706. The lowest BCUT2D eigenvalue weighted by Gasteiger charge is -2.22. The van der Waals surface area contributed by atoms with Gasteiger partial charge in [-0.3, -0.25) is 0 Å². The Labute approximate surface area is 103 Å². The van der Waals surface area contributed by atoms with Gasteiger partial charge >= 0.3 is 0 Å². The van der Waals surface area contributed by atoms with E-state index in [4.69, 9.17) is 5.73 Å². The SMILES string of the molecule is CCCn1nc(C)c(N)c1N[C@H](CO)C(C)C. The van der Waals surface area contributed by atoms with Gasteiger partial charge in [-0.2, -0.15) is 5.10 Å². The summed E-state index contributed by atoms with van der Waals surface area (Å²) in [5.41, 5.74) is 7.52. The fourth-order valence-corrected chi connectivity index (χ4v) is 1.72. The Morgan fingerprint density at radius 3 is 2.59 bits per heavy atom. The van der Waals surface area contributed by atoms with Crippen LogP contribution in [-0.2, 0) is 6.54 Å². The van der Waals surface area contributed by atoms with Crippen molar-refractivity contribution in [3.05, 3.63) is 5.69 Å². The van der Waals surface area contributed by atoms with Gasteiger partial charge in [0.05, 0.1) is 24.0 Å². The molecule has 0 amide bonds. The average Bonchev–Trinajstić information content (AvgIpc) is 2.52. The molecule has 5 nitrogen and oxygen atoms in total. The van der Waals surface area contributed by atoms with Crippen molar-refractivity contribution in [3.8, 4) is 0 Å². The first-order valence-electron chi connectivity index (χ1n) is 6.21. The number of hydrogen-bond donors (Lipinski definition) is 3. The topological polar surface area (TPSA) is 76.1 Å². The number of anilines is 2. The second-order valence-electron chi connectivity index (χ2n) is 4.75. The Hall–Kier alpha value is -1.23. The van der Waals surface area contributed by atoms with Gasteiger partial charge in [0.15, 0.2) is 0 Å². The summed E-state index contributed by atoms with van der Waals surface area (Å²) in [5.74, 6) is 1.17. The van der Waals surface area contributed by atoms with E-state index in [1.165, 1.54) is 0 Å². The molecular weight excluding hydrogens is 216 g/mol. The van der Waals surface area contributed by atoms with Crippen LogP contribution in [0.5, 0.6) is 0 Å². The number of nitrogens with two attached hydrogens (primary N) is 1. The summed E-state index contributed by atoms with van der Waals surface area (Å²) >= 11 is 0. The van der Waals surface area contributed by atoms with E-state index in [0.717, 1.165) is 24.5 Å². The van der Waals surface area contributed by atoms with Crippen LogP contribution >= 0.6 is 0 Å². The maximum absolute atomic E-state index is 9.34. The molecule has 17 heavy (non-hydrogen) atoms. The number of rotatable bonds is 6. The molecule has 0 saturated carbocycles. The lowest BCUT2D eigenvalue weighted by molar-refractivity contribution is 0.248. The largest absolute Gasteiger partial charge is 0.394 e. The third-order valence-electron chi connectivity index (χ3n) is 2.93. The highest BCUT2D eigenvalue weighted by molar-refractivity contribution is 5.65. The van der Waals surface area contributed by atoms with Crippen LogP contribution in [0.25, 0.3) is 0 Å². The molecule has 98 valence electrons. The summed E-state index contributed by atoms with van der Waals surface area (Å²) in [5, 5.41) is 17.0. The number of aromatic nitrogens is 2. The molecule has 0 saturated heterocycles. The van der Waals surface area contributed by atoms with Crippen LogP contribution in [0, 0.1) is 12.8 Å². The van der Waals surface area contributed by atoms with Crippen molar-refractivity contribution in [1.82, 2.24) is 9.78 Å². The van der Waals surface area contributed by atoms with Crippen LogP contribution in [0.4, 0.5) is 11.5 Å². The minimum absolute atomic E-state index is 0.00371. The highest BCUT2D eigenvalue weighted by Crippen LogP contribution is 2.24. The fraction of sp³-hybridized carbons (Fsp3) is 0.750. The Morgan fingerprint density at radius 2 is 2.12 bits per heavy atom. The van der Waals surface area contributed by atoms with Crippen LogP contribution in [-0.4, -0.2) is 27.5 Å². The first kappa shape index (κ1) is 13.8. The number of nitrogens with zero attached hydrogens (tertiary/aromatic N) is 2. The van der Waals surface area contributed by atoms with Crippen molar-refractivity contribution in [3.63, 3.8) is 0 Å². The van der Waals surface area contributed by atoms with E-state index >= 15 is 0 Å². The number of hydrogen-bond acceptors (Lipinski definition) is 4. The first-order chi connectivity index (χ1) is 8.01. The van der Waals surface area contributed by atoms with E-state index in [0.29, 0.717) is 11.6 Å². The van der Waals surface area contributed by atoms with Gasteiger partial charge in [-0.15, -0.1) is 0 Å². The second kappa shape index (κ2) is 5.91. The van der Waals surface area contributed by atoms with Crippen LogP contribution in [0.2, 0.25) is 0 Å². The van der Waals surface area contributed by atoms with E-state index in [1.54, 1.807) is 0 Å². The highest BCUT2D eigenvalue weighted by Gasteiger charge is 2.18. The molecule has 0 aliphatic rings. The minimum Gasteiger partial charge on any atom is -0.394 e. The molecule has 0 aromatic carbocycles. The van der Waals surface area contributed by atoms with Gasteiger partial charge in [0.2, 0.25) is 0 Å². The van der Waals surface area contributed by atoms with Crippen molar-refractivity contribution >= 4 is 11.5 Å². The van der Waals surface area contributed by atoms with E-state index in [9.17, 15) is 5.11 Å². The second-order valence-corrected chi connectivity index (χ2v) is 4.75. The van der Waals surface area contributed by atoms with E-state index < -0.39 is 0 Å². The molecule has 0 fully saturated rings. The first-order valence-corrected chi connectivity index (χ1v) is 6.21. The predicted molar refractivity (Wildman–Crippen MR) is 71.0 cm³/mol. The third-order valence-corrected chi connectivity index (χ3v) is 2.93. The molecule has 1 aromatic rings. The lowest BCUT2D eigenvalue weighted by Crippen LogP contribution is -2.31. The van der Waals surface area contributed by atoms with Gasteiger partial charge in [-0.05, 0) is 19.3 Å². The maximum Gasteiger partial charge on any atom is 0.148 e. The van der Waals surface area contributed by atoms with Crippen LogP contribution in [0.3, 0.4) is 0 Å². The Bertz CT molecular complexity index is 360. The van der Waals surface area contributed by atoms with Crippen LogP contribution < -0.4 is 11.1 Å². The Morgan fingerprint density at radius 1 is 1.47 bits per heavy atom. The maximum atomic E-state index is 9.34. The molecule has 4 N–H and O–H groups in total. The number of nitrogens with one attached hydrogen (secondary N) is 1. The summed E-state index contributed by atoms with van der Waals surface area (Å²) in [4.78, 5) is 0. The molecule has 1 aromatic heterocycles. The third kappa shape index (κ3) is 3.12. The summed E-state index contributed by atoms with van der Waals surface area (Å²) in [7, 11) is 0. The molecule has 1 heterocycles. The summed E-state index contributed by atoms with van der Waals surface area (Å²) in [6.45, 7) is 9.05. The number of aliphatic hydroxyl groups excluding tert-OH is 1. The molecule has 0 spiro atoms. The van der Waals surface area contributed by atoms with Crippen molar-refractivity contribution in [2.75, 3.05) is 17.7 Å². The average molecular weight is 240 g/mol. The monoisotopic (exact) mass is 240 g/mol. The summed E-state index contributed by atoms with van der Waals surface area (Å²) < 4.78 is 1.88. The van der Waals surface area contributed by atoms with Gasteiger partial charge in [0, 0.05) is 6.54 Å². The van der Waals surface area contributed by atoms with E-state index in [-0.39, 0.29) is 12.6 Å². The van der Waals surface area contributed by atoms with E-state index in [1.807, 2.05) is 11.6 Å². The summed E-state index contributed by atoms with van der Waals surface area (Å²) in [6, 6.07) is 0.00371. The van der Waals surface area contributed by atoms with E-state index in [2.05, 4.69) is 31.2 Å². The van der Waals surface area contributed by atoms with Gasteiger partial charge in [0.25, 0.3) is 0 Å². The molecule has 0 unspecified atom stereocenters. The van der Waals surface area contributed by atoms with Crippen molar-refractivity contribution in [2.45, 2.75) is 46.7 Å². The molecule has 1 rings (SSSR count). The Kier molecular flexibility index (Phi) is 4.81. The zero-order chi connectivity index (χ0) is 13.0. The number of aliphatic hydroxyl groups is 1. The fourth-order valence-electron chi connectivity index (χ4n) is 1.72. The molecule has 0 bridgehead atoms. The molecule has 0 aliphatic carbocycles. The minimum atomic E-state index is 0.00371. The van der Waals surface area contributed by atoms with Gasteiger partial charge in [-0.25, -0.2) is 4.68 Å². The molecule has 1 atom stereocenters. The molecular formula is C12H24N4O. The number of nitrogen functional groups attached to an aromatic ring is 1. The van der Waals surface area contributed by atoms with Gasteiger partial charge in [-0.1, -0.05) is 20.8 Å². The Balaban J connectivity index is 2.95. The van der Waals surface area contributed by atoms with Crippen molar-refractivity contribution in [1.29, 1.82) is 0 Å². The van der Waals surface area contributed by atoms with Gasteiger partial charge in [0.1, 0.15) is 5.82 Å². The van der Waals surface area contributed by atoms with Crippen molar-refractivity contribution < 1.29 is 5.11 Å². The molecule has 0 aliphatic heterocycles. The standard InChI is InChI=1S/C12H24N4O/c1-5-6-16-12(11(13)9(4)15-16)14-10(7-17)8(2)3/h8,10,14,17H,5-7,13H2,1-4H3/t10-/m1/s1. The lowest BCUT2D eigenvalue weighted by atomic mass is 10.1. The number of aryl methyl sites for hydroxylation is 2. The molecule has 0 radical (unpaired) electrons. The van der Waals surface area contributed by atoms with Crippen LogP contribution in [0.1, 0.15) is 32.9 Å². The zero-order valence-corrected chi connectivity index (χ0v) is 11.2. The predicted octanol–water partition coefficient (Wildman–Crippen LogP) is 1.61. The van der Waals surface area contributed by atoms with Gasteiger partial charge < -0.3 is 16.2 Å². The highest BCUT2D eigenvalue weighted by atomic mass is 16.3. The summed E-state index contributed by atoms with van der Waals surface area (Å²) in [6.07, 6.45) is 1.00. The zero-order valence-electron chi connectivity index (χ0n) is 11.2.